The van der Waals surface area contributed by atoms with Crippen LogP contribution in [-0.2, 0) is 13.6 Å². The van der Waals surface area contributed by atoms with Gasteiger partial charge >= 0.3 is 0 Å². The summed E-state index contributed by atoms with van der Waals surface area (Å²) in [5.41, 5.74) is 4.49. The van der Waals surface area contributed by atoms with E-state index < -0.39 is 0 Å². The van der Waals surface area contributed by atoms with Crippen molar-refractivity contribution in [2.24, 2.45) is 7.05 Å². The van der Waals surface area contributed by atoms with E-state index in [4.69, 9.17) is 4.98 Å². The summed E-state index contributed by atoms with van der Waals surface area (Å²) in [6.07, 6.45) is 3.63. The predicted octanol–water partition coefficient (Wildman–Crippen LogP) is 2.74. The number of pyridine rings is 1. The van der Waals surface area contributed by atoms with E-state index in [1.807, 2.05) is 18.3 Å². The maximum Gasteiger partial charge on any atom is 0.142 e. The molecule has 4 heteroatoms. The van der Waals surface area contributed by atoms with Crippen molar-refractivity contribution in [1.82, 2.24) is 19.9 Å². The Balaban J connectivity index is 2.06. The van der Waals surface area contributed by atoms with Crippen molar-refractivity contribution in [2.75, 3.05) is 6.54 Å². The number of nitrogens with zero attached hydrogens (tertiary/aromatic N) is 3. The van der Waals surface area contributed by atoms with Gasteiger partial charge in [-0.25, -0.2) is 4.98 Å². The van der Waals surface area contributed by atoms with Gasteiger partial charge in [-0.2, -0.15) is 0 Å². The Labute approximate surface area is 118 Å². The molecule has 0 aliphatic heterocycles. The summed E-state index contributed by atoms with van der Waals surface area (Å²) in [7, 11) is 2.05. The lowest BCUT2D eigenvalue weighted by molar-refractivity contribution is 0.727. The second-order valence-electron chi connectivity index (χ2n) is 4.84. The number of nitrogens with one attached hydrogen (secondary N) is 1. The molecule has 0 bridgehead atoms. The third kappa shape index (κ3) is 2.30. The molecule has 102 valence electrons. The molecule has 0 aliphatic rings. The zero-order valence-corrected chi connectivity index (χ0v) is 11.8. The Hall–Kier alpha value is -2.20. The van der Waals surface area contributed by atoms with E-state index in [0.29, 0.717) is 0 Å². The number of benzene rings is 1. The standard InChI is InChI=1S/C16H18N4/c1-3-17-10-12-6-7-14-15(9-12)20(2)16(19-14)13-5-4-8-18-11-13/h4-9,11,17H,3,10H2,1-2H3. The van der Waals surface area contributed by atoms with Crippen LogP contribution in [0.5, 0.6) is 0 Å². The van der Waals surface area contributed by atoms with Gasteiger partial charge in [-0.05, 0) is 36.4 Å². The maximum atomic E-state index is 4.71. The Kier molecular flexibility index (Phi) is 3.48. The number of rotatable bonds is 4. The normalized spacial score (nSPS) is 11.1. The SMILES string of the molecule is CCNCc1ccc2nc(-c3cccnc3)n(C)c2c1. The second kappa shape index (κ2) is 5.43. The summed E-state index contributed by atoms with van der Waals surface area (Å²) in [5, 5.41) is 3.35. The molecule has 0 atom stereocenters. The lowest BCUT2D eigenvalue weighted by Crippen LogP contribution is -2.11. The average molecular weight is 266 g/mol. The highest BCUT2D eigenvalue weighted by Gasteiger charge is 2.10. The molecule has 0 spiro atoms. The van der Waals surface area contributed by atoms with E-state index in [2.05, 4.69) is 47.0 Å². The fourth-order valence-electron chi connectivity index (χ4n) is 2.37. The van der Waals surface area contributed by atoms with Crippen molar-refractivity contribution in [3.8, 4) is 11.4 Å². The molecular weight excluding hydrogens is 248 g/mol. The van der Waals surface area contributed by atoms with Crippen LogP contribution in [0.2, 0.25) is 0 Å². The minimum atomic E-state index is 0.889. The summed E-state index contributed by atoms with van der Waals surface area (Å²) < 4.78 is 2.13. The van der Waals surface area contributed by atoms with Gasteiger partial charge in [0.15, 0.2) is 0 Å². The molecule has 0 unspecified atom stereocenters. The molecule has 3 rings (SSSR count). The van der Waals surface area contributed by atoms with Crippen molar-refractivity contribution in [1.29, 1.82) is 0 Å². The number of aromatic nitrogens is 3. The van der Waals surface area contributed by atoms with Crippen LogP contribution in [-0.4, -0.2) is 21.1 Å². The summed E-state index contributed by atoms with van der Waals surface area (Å²) >= 11 is 0. The van der Waals surface area contributed by atoms with Crippen LogP contribution in [0.1, 0.15) is 12.5 Å². The molecule has 4 nitrogen and oxygen atoms in total. The van der Waals surface area contributed by atoms with Crippen LogP contribution in [0.3, 0.4) is 0 Å². The van der Waals surface area contributed by atoms with Crippen molar-refractivity contribution in [3.05, 3.63) is 48.3 Å². The third-order valence-electron chi connectivity index (χ3n) is 3.44. The zero-order valence-electron chi connectivity index (χ0n) is 11.8. The molecule has 0 saturated carbocycles. The number of fused-ring (bicyclic) bond motifs is 1. The van der Waals surface area contributed by atoms with E-state index in [0.717, 1.165) is 35.5 Å². The van der Waals surface area contributed by atoms with Gasteiger partial charge in [-0.1, -0.05) is 13.0 Å². The van der Waals surface area contributed by atoms with E-state index in [9.17, 15) is 0 Å². The zero-order chi connectivity index (χ0) is 13.9. The largest absolute Gasteiger partial charge is 0.327 e. The van der Waals surface area contributed by atoms with Gasteiger partial charge in [0, 0.05) is 31.5 Å². The molecule has 0 aliphatic carbocycles. The average Bonchev–Trinajstić information content (AvgIpc) is 2.83. The van der Waals surface area contributed by atoms with E-state index in [-0.39, 0.29) is 0 Å². The topological polar surface area (TPSA) is 42.7 Å². The van der Waals surface area contributed by atoms with Crippen LogP contribution >= 0.6 is 0 Å². The van der Waals surface area contributed by atoms with Gasteiger partial charge in [0.05, 0.1) is 11.0 Å². The summed E-state index contributed by atoms with van der Waals surface area (Å²) in [6, 6.07) is 10.4. The number of hydrogen-bond donors (Lipinski definition) is 1. The van der Waals surface area contributed by atoms with Gasteiger partial charge in [0.25, 0.3) is 0 Å². The summed E-state index contributed by atoms with van der Waals surface area (Å²) in [4.78, 5) is 8.87. The first kappa shape index (κ1) is 12.8. The molecule has 2 aromatic heterocycles. The van der Waals surface area contributed by atoms with Crippen molar-refractivity contribution in [2.45, 2.75) is 13.5 Å². The van der Waals surface area contributed by atoms with Gasteiger partial charge in [-0.3, -0.25) is 4.98 Å². The molecule has 2 heterocycles. The van der Waals surface area contributed by atoms with E-state index >= 15 is 0 Å². The maximum absolute atomic E-state index is 4.71. The minimum absolute atomic E-state index is 0.889. The number of imidazole rings is 1. The van der Waals surface area contributed by atoms with Gasteiger partial charge < -0.3 is 9.88 Å². The monoisotopic (exact) mass is 266 g/mol. The second-order valence-corrected chi connectivity index (χ2v) is 4.84. The molecule has 1 aromatic carbocycles. The highest BCUT2D eigenvalue weighted by Crippen LogP contribution is 2.23. The van der Waals surface area contributed by atoms with Crippen LogP contribution in [0, 0.1) is 0 Å². The fraction of sp³-hybridized carbons (Fsp3) is 0.250. The molecule has 3 aromatic rings. The first-order chi connectivity index (χ1) is 9.79. The number of aryl methyl sites for hydroxylation is 1. The van der Waals surface area contributed by atoms with E-state index in [1.54, 1.807) is 6.20 Å². The quantitative estimate of drug-likeness (QED) is 0.789. The number of hydrogen-bond acceptors (Lipinski definition) is 3. The van der Waals surface area contributed by atoms with Crippen LogP contribution in [0.4, 0.5) is 0 Å². The Morgan fingerprint density at radius 3 is 2.90 bits per heavy atom. The van der Waals surface area contributed by atoms with Crippen LogP contribution in [0.25, 0.3) is 22.4 Å². The molecule has 20 heavy (non-hydrogen) atoms. The Bertz CT molecular complexity index is 716. The summed E-state index contributed by atoms with van der Waals surface area (Å²) in [5.74, 6) is 0.953. The molecular formula is C16H18N4. The highest BCUT2D eigenvalue weighted by molar-refractivity contribution is 5.81. The third-order valence-corrected chi connectivity index (χ3v) is 3.44. The first-order valence-electron chi connectivity index (χ1n) is 6.86. The predicted molar refractivity (Wildman–Crippen MR) is 81.3 cm³/mol. The minimum Gasteiger partial charge on any atom is -0.327 e. The van der Waals surface area contributed by atoms with Gasteiger partial charge in [0.1, 0.15) is 5.82 Å². The molecule has 0 amide bonds. The first-order valence-corrected chi connectivity index (χ1v) is 6.86. The Morgan fingerprint density at radius 2 is 2.15 bits per heavy atom. The molecule has 0 saturated heterocycles. The Morgan fingerprint density at radius 1 is 1.25 bits per heavy atom. The summed E-state index contributed by atoms with van der Waals surface area (Å²) in [6.45, 7) is 3.98. The smallest absolute Gasteiger partial charge is 0.142 e. The van der Waals surface area contributed by atoms with Gasteiger partial charge in [0.2, 0.25) is 0 Å². The van der Waals surface area contributed by atoms with Crippen molar-refractivity contribution >= 4 is 11.0 Å². The highest BCUT2D eigenvalue weighted by atomic mass is 15.1. The lowest BCUT2D eigenvalue weighted by Gasteiger charge is -2.04. The molecule has 1 N–H and O–H groups in total. The van der Waals surface area contributed by atoms with Gasteiger partial charge in [-0.15, -0.1) is 0 Å². The molecule has 0 radical (unpaired) electrons. The lowest BCUT2D eigenvalue weighted by atomic mass is 10.2. The van der Waals surface area contributed by atoms with Crippen LogP contribution in [0.15, 0.2) is 42.7 Å². The van der Waals surface area contributed by atoms with Crippen LogP contribution < -0.4 is 5.32 Å². The fourth-order valence-corrected chi connectivity index (χ4v) is 2.37. The van der Waals surface area contributed by atoms with Crippen molar-refractivity contribution in [3.63, 3.8) is 0 Å². The van der Waals surface area contributed by atoms with Crippen molar-refractivity contribution < 1.29 is 0 Å². The molecule has 0 fully saturated rings. The van der Waals surface area contributed by atoms with E-state index in [1.165, 1.54) is 5.56 Å².